The molecule has 1 aromatic heterocycles. The first-order valence-corrected chi connectivity index (χ1v) is 13.0. The Bertz CT molecular complexity index is 1280. The summed E-state index contributed by atoms with van der Waals surface area (Å²) in [5, 5.41) is 2.77. The van der Waals surface area contributed by atoms with E-state index in [1.54, 1.807) is 30.3 Å². The monoisotopic (exact) mass is 589 g/mol. The summed E-state index contributed by atoms with van der Waals surface area (Å²) in [7, 11) is 0. The zero-order chi connectivity index (χ0) is 25.2. The van der Waals surface area contributed by atoms with Crippen LogP contribution < -0.4 is 22.3 Å². The normalized spacial score (nSPS) is 12.9. The van der Waals surface area contributed by atoms with Crippen LogP contribution in [0.5, 0.6) is 0 Å². The summed E-state index contributed by atoms with van der Waals surface area (Å²) in [4.78, 5) is 40.8. The van der Waals surface area contributed by atoms with Gasteiger partial charge in [-0.3, -0.25) is 19.3 Å². The minimum absolute atomic E-state index is 0. The molecule has 0 unspecified atom stereocenters. The number of quaternary nitrogens is 1. The lowest BCUT2D eigenvalue weighted by Gasteiger charge is -2.36. The van der Waals surface area contributed by atoms with Gasteiger partial charge in [0.25, 0.3) is 17.7 Å². The zero-order valence-corrected chi connectivity index (χ0v) is 23.7. The number of thiophene rings is 1. The number of imide groups is 1. The van der Waals surface area contributed by atoms with E-state index in [0.29, 0.717) is 20.5 Å². The second-order valence-electron chi connectivity index (χ2n) is 8.75. The summed E-state index contributed by atoms with van der Waals surface area (Å²) < 4.78 is 1.48. The number of carbonyl (C=O) groups excluding carboxylic acids is 3. The molecule has 1 aliphatic heterocycles. The Balaban J connectivity index is 0.00000361. The molecule has 36 heavy (non-hydrogen) atoms. The van der Waals surface area contributed by atoms with Crippen LogP contribution in [0.1, 0.15) is 62.3 Å². The maximum Gasteiger partial charge on any atom is 0.265 e. The van der Waals surface area contributed by atoms with Crippen molar-refractivity contribution in [1.82, 2.24) is 4.90 Å². The van der Waals surface area contributed by atoms with Gasteiger partial charge in [0, 0.05) is 5.56 Å². The second-order valence-corrected chi connectivity index (χ2v) is 10.5. The molecule has 1 N–H and O–H groups in total. The summed E-state index contributed by atoms with van der Waals surface area (Å²) in [6, 6.07) is 16.3. The SMILES string of the molecule is CC[N+](CC)(CC)Cc1cccc(CN2C(=O)c3cccc(NC(=O)c4ccc(Cl)s4)c3C2=O)c1.[Br-]. The lowest BCUT2D eigenvalue weighted by molar-refractivity contribution is -0.936. The number of benzene rings is 2. The van der Waals surface area contributed by atoms with Crippen LogP contribution in [0.15, 0.2) is 54.6 Å². The van der Waals surface area contributed by atoms with Crippen molar-refractivity contribution in [3.05, 3.63) is 86.1 Å². The molecular weight excluding hydrogens is 562 g/mol. The fourth-order valence-corrected chi connectivity index (χ4v) is 5.54. The van der Waals surface area contributed by atoms with Gasteiger partial charge in [0.15, 0.2) is 0 Å². The number of amides is 3. The summed E-state index contributed by atoms with van der Waals surface area (Å²) in [6.45, 7) is 10.8. The van der Waals surface area contributed by atoms with Crippen LogP contribution in [0.3, 0.4) is 0 Å². The lowest BCUT2D eigenvalue weighted by Crippen LogP contribution is -3.00. The topological polar surface area (TPSA) is 66.5 Å². The number of carbonyl (C=O) groups is 3. The second kappa shape index (κ2) is 11.7. The molecule has 4 rings (SSSR count). The Hall–Kier alpha value is -2.52. The van der Waals surface area contributed by atoms with Gasteiger partial charge < -0.3 is 26.8 Å². The summed E-state index contributed by atoms with van der Waals surface area (Å²) in [5.74, 6) is -1.13. The highest BCUT2D eigenvalue weighted by Gasteiger charge is 2.38. The fraction of sp³-hybridized carbons (Fsp3) is 0.296. The van der Waals surface area contributed by atoms with Gasteiger partial charge >= 0.3 is 0 Å². The molecule has 3 amide bonds. The molecule has 2 aromatic carbocycles. The number of hydrogen-bond acceptors (Lipinski definition) is 4. The van der Waals surface area contributed by atoms with Crippen molar-refractivity contribution in [3.8, 4) is 0 Å². The van der Waals surface area contributed by atoms with E-state index >= 15 is 0 Å². The third-order valence-electron chi connectivity index (χ3n) is 6.91. The van der Waals surface area contributed by atoms with Gasteiger partial charge in [-0.05, 0) is 56.7 Å². The Kier molecular flexibility index (Phi) is 9.11. The van der Waals surface area contributed by atoms with Gasteiger partial charge in [0.2, 0.25) is 0 Å². The van der Waals surface area contributed by atoms with Crippen molar-refractivity contribution in [3.63, 3.8) is 0 Å². The third kappa shape index (κ3) is 5.57. The van der Waals surface area contributed by atoms with Crippen molar-refractivity contribution in [2.24, 2.45) is 0 Å². The average Bonchev–Trinajstić information content (AvgIpc) is 3.40. The third-order valence-corrected chi connectivity index (χ3v) is 8.14. The molecule has 0 saturated heterocycles. The summed E-state index contributed by atoms with van der Waals surface area (Å²) >= 11 is 7.09. The molecule has 190 valence electrons. The molecule has 0 saturated carbocycles. The highest BCUT2D eigenvalue weighted by Crippen LogP contribution is 2.32. The zero-order valence-electron chi connectivity index (χ0n) is 20.5. The van der Waals surface area contributed by atoms with E-state index < -0.39 is 5.91 Å². The van der Waals surface area contributed by atoms with Gasteiger partial charge in [-0.15, -0.1) is 11.3 Å². The van der Waals surface area contributed by atoms with Crippen LogP contribution in [0.25, 0.3) is 0 Å². The smallest absolute Gasteiger partial charge is 0.265 e. The predicted octanol–water partition coefficient (Wildman–Crippen LogP) is 2.83. The molecule has 6 nitrogen and oxygen atoms in total. The first kappa shape index (κ1) is 28.1. The first-order chi connectivity index (χ1) is 16.8. The summed E-state index contributed by atoms with van der Waals surface area (Å²) in [5.41, 5.74) is 2.93. The predicted molar refractivity (Wildman–Crippen MR) is 140 cm³/mol. The van der Waals surface area contributed by atoms with Crippen LogP contribution in [-0.2, 0) is 13.1 Å². The molecular formula is C27H29BrClN3O3S. The summed E-state index contributed by atoms with van der Waals surface area (Å²) in [6.07, 6.45) is 0. The van der Waals surface area contributed by atoms with E-state index in [9.17, 15) is 14.4 Å². The van der Waals surface area contributed by atoms with Crippen LogP contribution in [0.2, 0.25) is 4.34 Å². The Morgan fingerprint density at radius 2 is 1.61 bits per heavy atom. The molecule has 0 spiro atoms. The van der Waals surface area contributed by atoms with Crippen molar-refractivity contribution in [2.75, 3.05) is 25.0 Å². The maximum absolute atomic E-state index is 13.3. The van der Waals surface area contributed by atoms with E-state index in [1.165, 1.54) is 10.5 Å². The van der Waals surface area contributed by atoms with Crippen LogP contribution in [-0.4, -0.2) is 46.7 Å². The quantitative estimate of drug-likeness (QED) is 0.308. The minimum Gasteiger partial charge on any atom is -1.00 e. The molecule has 3 aromatic rings. The van der Waals surface area contributed by atoms with E-state index in [1.807, 2.05) is 12.1 Å². The molecule has 2 heterocycles. The standard InChI is InChI=1S/C27H28ClN3O3S.BrH/c1-4-31(5-2,6-3)17-19-10-7-9-18(15-19)16-30-26(33)20-11-8-12-21(24(20)27(30)34)29-25(32)22-13-14-23(28)35-22;/h7-15H,4-6,16-17H2,1-3H3;1H. The number of fused-ring (bicyclic) bond motifs is 1. The van der Waals surface area contributed by atoms with Gasteiger partial charge in [-0.2, -0.15) is 0 Å². The van der Waals surface area contributed by atoms with E-state index in [0.717, 1.165) is 47.6 Å². The van der Waals surface area contributed by atoms with Crippen LogP contribution >= 0.6 is 22.9 Å². The van der Waals surface area contributed by atoms with E-state index in [-0.39, 0.29) is 40.9 Å². The number of halogens is 2. The molecule has 0 fully saturated rings. The number of hydrogen-bond donors (Lipinski definition) is 1. The van der Waals surface area contributed by atoms with Gasteiger partial charge in [-0.1, -0.05) is 35.9 Å². The lowest BCUT2D eigenvalue weighted by atomic mass is 10.1. The molecule has 0 aliphatic carbocycles. The van der Waals surface area contributed by atoms with Crippen molar-refractivity contribution < 1.29 is 35.8 Å². The van der Waals surface area contributed by atoms with Gasteiger partial charge in [0.05, 0.1) is 52.2 Å². The fourth-order valence-electron chi connectivity index (χ4n) is 4.60. The Morgan fingerprint density at radius 1 is 0.944 bits per heavy atom. The Labute approximate surface area is 231 Å². The molecule has 0 bridgehead atoms. The number of nitrogens with zero attached hydrogens (tertiary/aromatic N) is 2. The van der Waals surface area contributed by atoms with E-state index in [2.05, 4.69) is 38.2 Å². The molecule has 0 atom stereocenters. The first-order valence-electron chi connectivity index (χ1n) is 11.8. The molecule has 0 radical (unpaired) electrons. The largest absolute Gasteiger partial charge is 1.00 e. The molecule has 9 heteroatoms. The van der Waals surface area contributed by atoms with Gasteiger partial charge in [-0.25, -0.2) is 0 Å². The number of rotatable bonds is 9. The van der Waals surface area contributed by atoms with Crippen LogP contribution in [0.4, 0.5) is 5.69 Å². The van der Waals surface area contributed by atoms with Gasteiger partial charge in [0.1, 0.15) is 6.54 Å². The number of nitrogens with one attached hydrogen (secondary N) is 1. The van der Waals surface area contributed by atoms with Crippen molar-refractivity contribution in [2.45, 2.75) is 33.9 Å². The van der Waals surface area contributed by atoms with Crippen molar-refractivity contribution >= 4 is 46.3 Å². The highest BCUT2D eigenvalue weighted by atomic mass is 79.9. The Morgan fingerprint density at radius 3 is 2.25 bits per heavy atom. The van der Waals surface area contributed by atoms with Crippen LogP contribution in [0, 0.1) is 0 Å². The van der Waals surface area contributed by atoms with Crippen molar-refractivity contribution in [1.29, 1.82) is 0 Å². The number of anilines is 1. The average molecular weight is 591 g/mol. The maximum atomic E-state index is 13.3. The van der Waals surface area contributed by atoms with E-state index in [4.69, 9.17) is 11.6 Å². The molecule has 1 aliphatic rings. The highest BCUT2D eigenvalue weighted by molar-refractivity contribution is 7.18. The minimum atomic E-state index is -0.406.